The van der Waals surface area contributed by atoms with E-state index in [1.165, 1.54) is 0 Å². The molecule has 0 fully saturated rings. The number of nitrogens with zero attached hydrogens (tertiary/aromatic N) is 4. The van der Waals surface area contributed by atoms with Gasteiger partial charge in [-0.05, 0) is 42.4 Å². The molecule has 0 radical (unpaired) electrons. The van der Waals surface area contributed by atoms with Crippen LogP contribution < -0.4 is 10.6 Å². The van der Waals surface area contributed by atoms with Crippen molar-refractivity contribution in [3.05, 3.63) is 52.7 Å². The molecule has 1 aromatic rings. The molecular weight excluding hydrogens is 374 g/mol. The van der Waals surface area contributed by atoms with Gasteiger partial charge in [-0.2, -0.15) is 15.8 Å². The molecule has 1 amide bonds. The number of rotatable bonds is 2. The van der Waals surface area contributed by atoms with E-state index in [-0.39, 0.29) is 23.1 Å². The first-order valence-corrected chi connectivity index (χ1v) is 10.3. The Kier molecular flexibility index (Phi) is 4.44. The summed E-state index contributed by atoms with van der Waals surface area (Å²) in [6.07, 6.45) is 4.08. The fraction of sp³-hybridized carbons (Fsp3) is 0.417. The van der Waals surface area contributed by atoms with Crippen molar-refractivity contribution in [1.82, 2.24) is 0 Å². The maximum absolute atomic E-state index is 14.2. The number of nitriles is 3. The molecule has 1 spiro atoms. The number of benzene rings is 1. The van der Waals surface area contributed by atoms with Gasteiger partial charge in [0, 0.05) is 18.2 Å². The number of hydrogen-bond acceptors (Lipinski definition) is 5. The highest BCUT2D eigenvalue weighted by Gasteiger charge is 2.72. The predicted molar refractivity (Wildman–Crippen MR) is 111 cm³/mol. The van der Waals surface area contributed by atoms with Crippen molar-refractivity contribution in [3.63, 3.8) is 0 Å². The largest absolute Gasteiger partial charge is 0.399 e. The number of fused-ring (bicyclic) bond motifs is 4. The molecule has 2 N–H and O–H groups in total. The number of allylic oxidation sites excluding steroid dienone is 4. The fourth-order valence-electron chi connectivity index (χ4n) is 5.67. The second kappa shape index (κ2) is 6.75. The van der Waals surface area contributed by atoms with Crippen LogP contribution in [-0.4, -0.2) is 12.5 Å². The quantitative estimate of drug-likeness (QED) is 0.820. The van der Waals surface area contributed by atoms with Gasteiger partial charge in [-0.3, -0.25) is 4.79 Å². The van der Waals surface area contributed by atoms with Gasteiger partial charge in [0.25, 0.3) is 0 Å². The average molecular weight is 397 g/mol. The number of carbonyl (C=O) groups excluding carboxylic acids is 1. The summed E-state index contributed by atoms with van der Waals surface area (Å²) >= 11 is 0. The van der Waals surface area contributed by atoms with Gasteiger partial charge in [-0.25, -0.2) is 0 Å². The third-order valence-electron chi connectivity index (χ3n) is 6.93. The summed E-state index contributed by atoms with van der Waals surface area (Å²) in [7, 11) is 0. The number of nitrogens with two attached hydrogens (primary N) is 1. The standard InChI is InChI=1S/C24H23N5O/c1-3-10-29-20-7-5-4-6-18(20)24(22(29)30)19-11-15(2)8-9-16(19)17(12-25)21(28)23(24,13-26)14-27/h4-7,9,15,19H,3,8,10-11,28H2,1-2H3/t15-,19-,24-/m1/s1. The molecule has 6 heteroatoms. The number of para-hydroxylation sites is 1. The molecule has 6 nitrogen and oxygen atoms in total. The summed E-state index contributed by atoms with van der Waals surface area (Å²) in [4.78, 5) is 15.9. The molecule has 3 aliphatic rings. The maximum Gasteiger partial charge on any atom is 0.241 e. The second-order valence-corrected chi connectivity index (χ2v) is 8.44. The molecule has 3 atom stereocenters. The number of hydrogen-bond donors (Lipinski definition) is 1. The summed E-state index contributed by atoms with van der Waals surface area (Å²) in [5.41, 5.74) is 5.18. The Morgan fingerprint density at radius 1 is 1.23 bits per heavy atom. The minimum atomic E-state index is -1.95. The summed E-state index contributed by atoms with van der Waals surface area (Å²) in [6, 6.07) is 13.8. The highest BCUT2D eigenvalue weighted by Crippen LogP contribution is 2.64. The maximum atomic E-state index is 14.2. The van der Waals surface area contributed by atoms with Gasteiger partial charge in [-0.1, -0.05) is 38.1 Å². The normalized spacial score (nSPS) is 28.8. The predicted octanol–water partition coefficient (Wildman–Crippen LogP) is 3.44. The first-order chi connectivity index (χ1) is 14.4. The molecule has 4 rings (SSSR count). The number of anilines is 1. The highest BCUT2D eigenvalue weighted by molar-refractivity contribution is 6.11. The highest BCUT2D eigenvalue weighted by atomic mass is 16.2. The molecule has 2 aliphatic carbocycles. The third-order valence-corrected chi connectivity index (χ3v) is 6.93. The van der Waals surface area contributed by atoms with Crippen LogP contribution in [0, 0.1) is 51.2 Å². The van der Waals surface area contributed by atoms with E-state index in [4.69, 9.17) is 5.73 Å². The molecule has 1 aliphatic heterocycles. The van der Waals surface area contributed by atoms with Crippen molar-refractivity contribution in [2.45, 2.75) is 38.5 Å². The van der Waals surface area contributed by atoms with Crippen molar-refractivity contribution in [1.29, 1.82) is 15.8 Å². The van der Waals surface area contributed by atoms with Crippen molar-refractivity contribution in [2.24, 2.45) is 23.0 Å². The van der Waals surface area contributed by atoms with Crippen LogP contribution >= 0.6 is 0 Å². The Bertz CT molecular complexity index is 1110. The van der Waals surface area contributed by atoms with E-state index in [1.807, 2.05) is 37.3 Å². The smallest absolute Gasteiger partial charge is 0.241 e. The lowest BCUT2D eigenvalue weighted by atomic mass is 9.47. The van der Waals surface area contributed by atoms with Gasteiger partial charge in [0.05, 0.1) is 23.4 Å². The van der Waals surface area contributed by atoms with E-state index in [1.54, 1.807) is 4.90 Å². The van der Waals surface area contributed by atoms with E-state index in [2.05, 4.69) is 25.1 Å². The van der Waals surface area contributed by atoms with Gasteiger partial charge in [0.15, 0.2) is 0 Å². The summed E-state index contributed by atoms with van der Waals surface area (Å²) in [5, 5.41) is 30.6. The lowest BCUT2D eigenvalue weighted by Gasteiger charge is -2.50. The average Bonchev–Trinajstić information content (AvgIpc) is 3.00. The van der Waals surface area contributed by atoms with Gasteiger partial charge in [0.1, 0.15) is 11.5 Å². The molecule has 0 aromatic heterocycles. The summed E-state index contributed by atoms with van der Waals surface area (Å²) in [6.45, 7) is 4.56. The first kappa shape index (κ1) is 19.7. The lowest BCUT2D eigenvalue weighted by Crippen LogP contribution is -2.61. The van der Waals surface area contributed by atoms with Crippen LogP contribution in [0.5, 0.6) is 0 Å². The minimum Gasteiger partial charge on any atom is -0.399 e. The van der Waals surface area contributed by atoms with E-state index in [0.717, 1.165) is 18.5 Å². The van der Waals surface area contributed by atoms with Crippen LogP contribution in [-0.2, 0) is 10.2 Å². The molecule has 0 saturated carbocycles. The van der Waals surface area contributed by atoms with Crippen LogP contribution in [0.2, 0.25) is 0 Å². The van der Waals surface area contributed by atoms with Crippen LogP contribution in [0.1, 0.15) is 38.7 Å². The van der Waals surface area contributed by atoms with Crippen LogP contribution in [0.3, 0.4) is 0 Å². The molecule has 1 aromatic carbocycles. The van der Waals surface area contributed by atoms with Gasteiger partial charge < -0.3 is 10.6 Å². The Hall–Kier alpha value is -3.56. The fourth-order valence-corrected chi connectivity index (χ4v) is 5.67. The van der Waals surface area contributed by atoms with Gasteiger partial charge in [0.2, 0.25) is 11.3 Å². The molecule has 30 heavy (non-hydrogen) atoms. The minimum absolute atomic E-state index is 0.103. The van der Waals surface area contributed by atoms with E-state index < -0.39 is 16.7 Å². The van der Waals surface area contributed by atoms with Crippen molar-refractivity contribution < 1.29 is 4.79 Å². The Labute approximate surface area is 176 Å². The zero-order valence-electron chi connectivity index (χ0n) is 17.1. The second-order valence-electron chi connectivity index (χ2n) is 8.44. The molecule has 0 bridgehead atoms. The lowest BCUT2D eigenvalue weighted by molar-refractivity contribution is -0.127. The van der Waals surface area contributed by atoms with Crippen LogP contribution in [0.15, 0.2) is 47.2 Å². The number of carbonyl (C=O) groups is 1. The molecule has 0 saturated heterocycles. The van der Waals surface area contributed by atoms with Crippen LogP contribution in [0.25, 0.3) is 0 Å². The van der Waals surface area contributed by atoms with Gasteiger partial charge >= 0.3 is 0 Å². The Morgan fingerprint density at radius 3 is 2.57 bits per heavy atom. The molecule has 1 heterocycles. The zero-order chi connectivity index (χ0) is 21.7. The monoisotopic (exact) mass is 397 g/mol. The summed E-state index contributed by atoms with van der Waals surface area (Å²) in [5.74, 6) is -0.471. The Morgan fingerprint density at radius 2 is 1.93 bits per heavy atom. The summed E-state index contributed by atoms with van der Waals surface area (Å²) < 4.78 is 0. The third kappa shape index (κ3) is 2.08. The zero-order valence-corrected chi connectivity index (χ0v) is 17.1. The molecule has 150 valence electrons. The van der Waals surface area contributed by atoms with Crippen molar-refractivity contribution >= 4 is 11.6 Å². The first-order valence-electron chi connectivity index (χ1n) is 10.3. The molecular formula is C24H23N5O. The molecule has 0 unspecified atom stereocenters. The Balaban J connectivity index is 2.18. The van der Waals surface area contributed by atoms with Crippen molar-refractivity contribution in [3.8, 4) is 18.2 Å². The number of amides is 1. The van der Waals surface area contributed by atoms with Crippen molar-refractivity contribution in [2.75, 3.05) is 11.4 Å². The van der Waals surface area contributed by atoms with Gasteiger partial charge in [-0.15, -0.1) is 0 Å². The SMILES string of the molecule is CCCN1C(=O)[C@@]2(c3ccccc31)[C@@H]1C[C@H](C)CC=C1C(C#N)=C(N)C2(C#N)C#N. The van der Waals surface area contributed by atoms with Crippen LogP contribution in [0.4, 0.5) is 5.69 Å². The topological polar surface area (TPSA) is 118 Å². The van der Waals surface area contributed by atoms with E-state index in [0.29, 0.717) is 24.1 Å². The van der Waals surface area contributed by atoms with E-state index in [9.17, 15) is 20.6 Å². The van der Waals surface area contributed by atoms with E-state index >= 15 is 0 Å².